The third kappa shape index (κ3) is 3.99. The smallest absolute Gasteiger partial charge is 0.270 e. The highest BCUT2D eigenvalue weighted by Gasteiger charge is 2.46. The molecule has 3 unspecified atom stereocenters. The number of hydrogen-bond donors (Lipinski definition) is 1. The molecule has 1 fully saturated rings. The highest BCUT2D eigenvalue weighted by atomic mass is 19.1. The molecule has 5 rings (SSSR count). The number of halogens is 1. The van der Waals surface area contributed by atoms with Crippen molar-refractivity contribution >= 4 is 12.0 Å². The molecule has 1 aromatic carbocycles. The fourth-order valence-electron chi connectivity index (χ4n) is 5.53. The maximum absolute atomic E-state index is 13.4. The maximum Gasteiger partial charge on any atom is 0.270 e. The Labute approximate surface area is 193 Å². The number of aromatic nitrogens is 3. The number of nitrogens with one attached hydrogen (secondary N) is 1. The van der Waals surface area contributed by atoms with Crippen molar-refractivity contribution in [3.63, 3.8) is 0 Å². The number of carbonyl (C=O) groups excluding carboxylic acids is 1. The molecule has 6 heteroatoms. The zero-order chi connectivity index (χ0) is 23.0. The van der Waals surface area contributed by atoms with Crippen LogP contribution in [0.4, 0.5) is 4.39 Å². The lowest BCUT2D eigenvalue weighted by Gasteiger charge is -2.37. The predicted octanol–water partition coefficient (Wildman–Crippen LogP) is 5.36. The SMILES string of the molecule is CCC(CC1CCC2=Cc3c(cnn3-c3ccc(F)cc3)CC21C)NC(=O)c1ccccn1. The van der Waals surface area contributed by atoms with Crippen LogP contribution in [0.1, 0.15) is 61.3 Å². The van der Waals surface area contributed by atoms with E-state index in [-0.39, 0.29) is 23.2 Å². The van der Waals surface area contributed by atoms with Gasteiger partial charge in [0.1, 0.15) is 11.5 Å². The van der Waals surface area contributed by atoms with Crippen LogP contribution in [0, 0.1) is 17.2 Å². The van der Waals surface area contributed by atoms with Gasteiger partial charge in [0, 0.05) is 12.2 Å². The third-order valence-corrected chi connectivity index (χ3v) is 7.52. The largest absolute Gasteiger partial charge is 0.348 e. The summed E-state index contributed by atoms with van der Waals surface area (Å²) >= 11 is 0. The molecular weight excluding hydrogens is 415 g/mol. The van der Waals surface area contributed by atoms with Gasteiger partial charge in [0.25, 0.3) is 5.91 Å². The van der Waals surface area contributed by atoms with Crippen LogP contribution in [-0.4, -0.2) is 26.7 Å². The average molecular weight is 445 g/mol. The number of fused-ring (bicyclic) bond motifs is 2. The first kappa shape index (κ1) is 21.6. The van der Waals surface area contributed by atoms with Crippen molar-refractivity contribution in [1.82, 2.24) is 20.1 Å². The lowest BCUT2D eigenvalue weighted by Crippen LogP contribution is -2.39. The summed E-state index contributed by atoms with van der Waals surface area (Å²) in [5.41, 5.74) is 5.18. The molecule has 0 spiro atoms. The van der Waals surface area contributed by atoms with E-state index in [0.29, 0.717) is 11.6 Å². The summed E-state index contributed by atoms with van der Waals surface area (Å²) in [6, 6.07) is 12.0. The van der Waals surface area contributed by atoms with Crippen molar-refractivity contribution in [2.45, 2.75) is 52.0 Å². The molecule has 2 heterocycles. The Bertz CT molecular complexity index is 1180. The Kier molecular flexibility index (Phi) is 5.60. The maximum atomic E-state index is 13.4. The molecule has 1 saturated carbocycles. The van der Waals surface area contributed by atoms with Crippen molar-refractivity contribution in [1.29, 1.82) is 0 Å². The Balaban J connectivity index is 1.34. The second-order valence-electron chi connectivity index (χ2n) is 9.47. The summed E-state index contributed by atoms with van der Waals surface area (Å²) in [5, 5.41) is 7.82. The minimum absolute atomic E-state index is 0.0623. The Morgan fingerprint density at radius 2 is 2.09 bits per heavy atom. The second kappa shape index (κ2) is 8.58. The van der Waals surface area contributed by atoms with E-state index in [1.165, 1.54) is 23.3 Å². The number of nitrogens with zero attached hydrogens (tertiary/aromatic N) is 3. The first-order chi connectivity index (χ1) is 16.0. The molecule has 2 aromatic heterocycles. The number of benzene rings is 1. The molecule has 3 atom stereocenters. The van der Waals surface area contributed by atoms with Crippen LogP contribution < -0.4 is 5.32 Å². The molecule has 0 saturated heterocycles. The minimum atomic E-state index is -0.245. The van der Waals surface area contributed by atoms with Gasteiger partial charge in [-0.3, -0.25) is 9.78 Å². The van der Waals surface area contributed by atoms with Crippen LogP contribution in [0.3, 0.4) is 0 Å². The highest BCUT2D eigenvalue weighted by molar-refractivity contribution is 5.92. The third-order valence-electron chi connectivity index (χ3n) is 7.52. The Hall–Kier alpha value is -3.28. The molecule has 3 aromatic rings. The first-order valence-electron chi connectivity index (χ1n) is 11.7. The van der Waals surface area contributed by atoms with E-state index >= 15 is 0 Å². The van der Waals surface area contributed by atoms with Gasteiger partial charge >= 0.3 is 0 Å². The van der Waals surface area contributed by atoms with Gasteiger partial charge in [-0.1, -0.05) is 25.5 Å². The monoisotopic (exact) mass is 444 g/mol. The van der Waals surface area contributed by atoms with Gasteiger partial charge in [0.15, 0.2) is 0 Å². The zero-order valence-electron chi connectivity index (χ0n) is 19.1. The summed E-state index contributed by atoms with van der Waals surface area (Å²) in [5.74, 6) is 0.137. The normalized spacial score (nSPS) is 22.3. The van der Waals surface area contributed by atoms with Gasteiger partial charge in [-0.05, 0) is 91.5 Å². The fourth-order valence-corrected chi connectivity index (χ4v) is 5.53. The van der Waals surface area contributed by atoms with E-state index < -0.39 is 0 Å². The van der Waals surface area contributed by atoms with E-state index in [4.69, 9.17) is 0 Å². The Morgan fingerprint density at radius 1 is 1.27 bits per heavy atom. The van der Waals surface area contributed by atoms with Crippen LogP contribution in [0.5, 0.6) is 0 Å². The van der Waals surface area contributed by atoms with E-state index in [1.54, 1.807) is 24.4 Å². The molecule has 1 amide bonds. The molecule has 33 heavy (non-hydrogen) atoms. The number of allylic oxidation sites excluding steroid dienone is 1. The summed E-state index contributed by atoms with van der Waals surface area (Å²) in [6.07, 6.45) is 10.8. The van der Waals surface area contributed by atoms with Crippen LogP contribution in [-0.2, 0) is 6.42 Å². The number of hydrogen-bond acceptors (Lipinski definition) is 3. The van der Waals surface area contributed by atoms with Crippen LogP contribution in [0.2, 0.25) is 0 Å². The highest BCUT2D eigenvalue weighted by Crippen LogP contribution is 2.54. The molecular formula is C27H29FN4O. The lowest BCUT2D eigenvalue weighted by atomic mass is 9.68. The van der Waals surface area contributed by atoms with Crippen molar-refractivity contribution in [3.05, 3.63) is 83.2 Å². The molecule has 2 aliphatic rings. The lowest BCUT2D eigenvalue weighted by molar-refractivity contribution is 0.0917. The molecule has 0 aliphatic heterocycles. The quantitative estimate of drug-likeness (QED) is 0.557. The van der Waals surface area contributed by atoms with Crippen molar-refractivity contribution in [3.8, 4) is 5.69 Å². The molecule has 5 nitrogen and oxygen atoms in total. The molecule has 0 bridgehead atoms. The van der Waals surface area contributed by atoms with Crippen molar-refractivity contribution < 1.29 is 9.18 Å². The van der Waals surface area contributed by atoms with Crippen molar-refractivity contribution in [2.75, 3.05) is 0 Å². The second-order valence-corrected chi connectivity index (χ2v) is 9.47. The van der Waals surface area contributed by atoms with Gasteiger partial charge in [-0.25, -0.2) is 9.07 Å². The first-order valence-corrected chi connectivity index (χ1v) is 11.7. The number of carbonyl (C=O) groups is 1. The standard InChI is InChI=1S/C27H29FN4O/c1-3-22(31-26(33)24-6-4-5-13-29-24)14-19-7-8-20-15-25-18(16-27(19,20)2)17-30-32(25)23-11-9-21(28)10-12-23/h4-6,9-13,15,17,19,22H,3,7-8,14,16H2,1-2H3,(H,31,33). The van der Waals surface area contributed by atoms with Gasteiger partial charge in [-0.15, -0.1) is 0 Å². The van der Waals surface area contributed by atoms with Gasteiger partial charge < -0.3 is 5.32 Å². The molecule has 0 radical (unpaired) electrons. The zero-order valence-corrected chi connectivity index (χ0v) is 19.1. The number of amides is 1. The van der Waals surface area contributed by atoms with Crippen LogP contribution >= 0.6 is 0 Å². The predicted molar refractivity (Wildman–Crippen MR) is 126 cm³/mol. The van der Waals surface area contributed by atoms with E-state index in [9.17, 15) is 9.18 Å². The summed E-state index contributed by atoms with van der Waals surface area (Å²) in [4.78, 5) is 16.8. The fraction of sp³-hybridized carbons (Fsp3) is 0.370. The van der Waals surface area contributed by atoms with Crippen LogP contribution in [0.25, 0.3) is 11.8 Å². The average Bonchev–Trinajstić information content (AvgIpc) is 3.37. The van der Waals surface area contributed by atoms with E-state index in [0.717, 1.165) is 43.5 Å². The summed E-state index contributed by atoms with van der Waals surface area (Å²) in [7, 11) is 0. The van der Waals surface area contributed by atoms with Gasteiger partial charge in [-0.2, -0.15) is 5.10 Å². The number of rotatable bonds is 6. The molecule has 1 N–H and O–H groups in total. The summed E-state index contributed by atoms with van der Waals surface area (Å²) < 4.78 is 15.3. The minimum Gasteiger partial charge on any atom is -0.348 e. The van der Waals surface area contributed by atoms with Gasteiger partial charge in [0.05, 0.1) is 17.6 Å². The van der Waals surface area contributed by atoms with E-state index in [2.05, 4.69) is 35.3 Å². The van der Waals surface area contributed by atoms with Crippen LogP contribution in [0.15, 0.2) is 60.4 Å². The van der Waals surface area contributed by atoms with E-state index in [1.807, 2.05) is 23.0 Å². The summed E-state index contributed by atoms with van der Waals surface area (Å²) in [6.45, 7) is 4.49. The van der Waals surface area contributed by atoms with Gasteiger partial charge in [0.2, 0.25) is 0 Å². The Morgan fingerprint density at radius 3 is 2.82 bits per heavy atom. The number of pyridine rings is 1. The molecule has 2 aliphatic carbocycles. The topological polar surface area (TPSA) is 59.8 Å². The van der Waals surface area contributed by atoms with Crippen molar-refractivity contribution in [2.24, 2.45) is 11.3 Å². The molecule has 170 valence electrons.